The number of thiophene rings is 1. The average Bonchev–Trinajstić information content (AvgIpc) is 3.44. The first kappa shape index (κ1) is 23.2. The summed E-state index contributed by atoms with van der Waals surface area (Å²) in [5.74, 6) is -1.62. The Morgan fingerprint density at radius 2 is 1.88 bits per heavy atom. The Morgan fingerprint density at radius 3 is 2.56 bits per heavy atom. The summed E-state index contributed by atoms with van der Waals surface area (Å²) in [4.78, 5) is 54.2. The van der Waals surface area contributed by atoms with Crippen LogP contribution in [-0.4, -0.2) is 41.8 Å². The van der Waals surface area contributed by atoms with E-state index in [0.29, 0.717) is 17.0 Å². The lowest BCUT2D eigenvalue weighted by molar-refractivity contribution is -0.128. The molecule has 0 saturated carbocycles. The van der Waals surface area contributed by atoms with E-state index in [0.717, 1.165) is 20.3 Å². The molecule has 0 spiro atoms. The zero-order chi connectivity index (χ0) is 24.2. The number of methoxy groups -OCH3 is 1. The third-order valence-electron chi connectivity index (χ3n) is 5.42. The number of hydrogen-bond donors (Lipinski definition) is 1. The number of ether oxygens (including phenoxy) is 1. The highest BCUT2D eigenvalue weighted by Gasteiger charge is 2.45. The van der Waals surface area contributed by atoms with Gasteiger partial charge in [0.25, 0.3) is 11.8 Å². The van der Waals surface area contributed by atoms with Gasteiger partial charge in [0.15, 0.2) is 0 Å². The van der Waals surface area contributed by atoms with Crippen LogP contribution in [0.15, 0.2) is 66.0 Å². The largest absolute Gasteiger partial charge is 0.497 e. The number of carbonyl (C=O) groups excluding carboxylic acids is 4. The second-order valence-corrected chi connectivity index (χ2v) is 8.85. The normalized spacial score (nSPS) is 15.4. The van der Waals surface area contributed by atoms with Gasteiger partial charge in [0.1, 0.15) is 11.8 Å². The van der Waals surface area contributed by atoms with E-state index in [1.807, 2.05) is 24.4 Å². The van der Waals surface area contributed by atoms with E-state index in [4.69, 9.17) is 4.74 Å². The topological polar surface area (TPSA) is 96.0 Å². The number of anilines is 1. The van der Waals surface area contributed by atoms with E-state index >= 15 is 0 Å². The Balaban J connectivity index is 1.63. The standard InChI is InChI=1S/C25H23N3O5S/c1-16-8-10-17(11-9-16)24(31)28(26-22(29)14-20-7-4-12-34-20)21-15-23(30)27(25(21)32)18-5-3-6-19(13-18)33-2/h3-13,21H,14-15H2,1-2H3,(H,26,29). The number of aryl methyl sites for hydroxylation is 1. The van der Waals surface area contributed by atoms with Crippen LogP contribution >= 0.6 is 11.3 Å². The van der Waals surface area contributed by atoms with Gasteiger partial charge in [-0.25, -0.2) is 9.91 Å². The second kappa shape index (κ2) is 9.88. The van der Waals surface area contributed by atoms with Gasteiger partial charge in [-0.1, -0.05) is 29.8 Å². The van der Waals surface area contributed by atoms with Crippen LogP contribution in [0, 0.1) is 6.92 Å². The number of imide groups is 1. The van der Waals surface area contributed by atoms with Crippen LogP contribution in [0.5, 0.6) is 5.75 Å². The Labute approximate surface area is 200 Å². The number of hydrogen-bond acceptors (Lipinski definition) is 6. The molecule has 3 aromatic rings. The molecule has 1 aromatic heterocycles. The molecular formula is C25H23N3O5S. The number of hydrazine groups is 1. The molecular weight excluding hydrogens is 454 g/mol. The summed E-state index contributed by atoms with van der Waals surface area (Å²) in [6.45, 7) is 1.89. The maximum absolute atomic E-state index is 13.4. The molecule has 1 N–H and O–H groups in total. The van der Waals surface area contributed by atoms with Gasteiger partial charge < -0.3 is 4.74 Å². The fourth-order valence-corrected chi connectivity index (χ4v) is 4.39. The van der Waals surface area contributed by atoms with Gasteiger partial charge in [-0.3, -0.25) is 24.6 Å². The highest BCUT2D eigenvalue weighted by molar-refractivity contribution is 7.10. The number of amides is 4. The van der Waals surface area contributed by atoms with Crippen molar-refractivity contribution in [1.29, 1.82) is 0 Å². The SMILES string of the molecule is COc1cccc(N2C(=O)CC(N(NC(=O)Cc3cccs3)C(=O)c3ccc(C)cc3)C2=O)c1. The van der Waals surface area contributed by atoms with Crippen LogP contribution in [0.3, 0.4) is 0 Å². The molecule has 4 rings (SSSR count). The molecule has 9 heteroatoms. The molecule has 8 nitrogen and oxygen atoms in total. The number of benzene rings is 2. The maximum atomic E-state index is 13.4. The van der Waals surface area contributed by atoms with Crippen LogP contribution in [0.2, 0.25) is 0 Å². The lowest BCUT2D eigenvalue weighted by atomic mass is 10.1. The van der Waals surface area contributed by atoms with Crippen molar-refractivity contribution in [2.75, 3.05) is 12.0 Å². The van der Waals surface area contributed by atoms with Gasteiger partial charge in [-0.2, -0.15) is 0 Å². The summed E-state index contributed by atoms with van der Waals surface area (Å²) in [5.41, 5.74) is 4.17. The van der Waals surface area contributed by atoms with Crippen molar-refractivity contribution in [3.05, 3.63) is 82.0 Å². The lowest BCUT2D eigenvalue weighted by Crippen LogP contribution is -2.55. The quantitative estimate of drug-likeness (QED) is 0.435. The molecule has 4 amide bonds. The zero-order valence-electron chi connectivity index (χ0n) is 18.7. The molecule has 1 unspecified atom stereocenters. The Hall–Kier alpha value is -3.98. The van der Waals surface area contributed by atoms with Crippen molar-refractivity contribution in [3.8, 4) is 5.75 Å². The first-order chi connectivity index (χ1) is 16.4. The molecule has 174 valence electrons. The fraction of sp³-hybridized carbons (Fsp3) is 0.200. The van der Waals surface area contributed by atoms with Gasteiger partial charge in [0.05, 0.1) is 25.6 Å². The predicted molar refractivity (Wildman–Crippen MR) is 127 cm³/mol. The minimum atomic E-state index is -1.18. The van der Waals surface area contributed by atoms with Crippen molar-refractivity contribution in [2.45, 2.75) is 25.8 Å². The van der Waals surface area contributed by atoms with E-state index in [2.05, 4.69) is 5.43 Å². The maximum Gasteiger partial charge on any atom is 0.273 e. The number of nitrogens with zero attached hydrogens (tertiary/aromatic N) is 2. The molecule has 34 heavy (non-hydrogen) atoms. The first-order valence-electron chi connectivity index (χ1n) is 10.6. The lowest BCUT2D eigenvalue weighted by Gasteiger charge is -2.28. The summed E-state index contributed by atoms with van der Waals surface area (Å²) in [6, 6.07) is 15.8. The van der Waals surface area contributed by atoms with Crippen molar-refractivity contribution in [2.24, 2.45) is 0 Å². The second-order valence-electron chi connectivity index (χ2n) is 7.82. The van der Waals surface area contributed by atoms with Gasteiger partial charge in [0, 0.05) is 16.5 Å². The molecule has 2 aromatic carbocycles. The minimum Gasteiger partial charge on any atom is -0.497 e. The monoisotopic (exact) mass is 477 g/mol. The first-order valence-corrected chi connectivity index (χ1v) is 11.5. The third-order valence-corrected chi connectivity index (χ3v) is 6.30. The van der Waals surface area contributed by atoms with E-state index in [9.17, 15) is 19.2 Å². The minimum absolute atomic E-state index is 0.0454. The fourth-order valence-electron chi connectivity index (χ4n) is 3.69. The van der Waals surface area contributed by atoms with Crippen molar-refractivity contribution >= 4 is 40.7 Å². The van der Waals surface area contributed by atoms with E-state index in [1.165, 1.54) is 18.4 Å². The van der Waals surface area contributed by atoms with Crippen molar-refractivity contribution in [3.63, 3.8) is 0 Å². The van der Waals surface area contributed by atoms with Gasteiger partial charge in [0.2, 0.25) is 11.8 Å². The Morgan fingerprint density at radius 1 is 1.12 bits per heavy atom. The molecule has 1 fully saturated rings. The van der Waals surface area contributed by atoms with Crippen LogP contribution in [0.25, 0.3) is 0 Å². The van der Waals surface area contributed by atoms with Crippen LogP contribution in [0.4, 0.5) is 5.69 Å². The average molecular weight is 478 g/mol. The summed E-state index contributed by atoms with van der Waals surface area (Å²) in [7, 11) is 1.49. The third kappa shape index (κ3) is 4.84. The van der Waals surface area contributed by atoms with E-state index in [1.54, 1.807) is 48.5 Å². The molecule has 1 atom stereocenters. The number of rotatable bonds is 6. The molecule has 0 aliphatic carbocycles. The zero-order valence-corrected chi connectivity index (χ0v) is 19.5. The van der Waals surface area contributed by atoms with Gasteiger partial charge in [-0.15, -0.1) is 11.3 Å². The van der Waals surface area contributed by atoms with Crippen LogP contribution in [-0.2, 0) is 20.8 Å². The van der Waals surface area contributed by atoms with Crippen molar-refractivity contribution < 1.29 is 23.9 Å². The smallest absolute Gasteiger partial charge is 0.273 e. The Bertz CT molecular complexity index is 1220. The molecule has 0 bridgehead atoms. The molecule has 1 saturated heterocycles. The summed E-state index contributed by atoms with van der Waals surface area (Å²) in [6.07, 6.45) is -0.212. The summed E-state index contributed by atoms with van der Waals surface area (Å²) >= 11 is 1.41. The molecule has 1 aliphatic heterocycles. The highest BCUT2D eigenvalue weighted by atomic mass is 32.1. The van der Waals surface area contributed by atoms with Gasteiger partial charge in [-0.05, 0) is 42.6 Å². The van der Waals surface area contributed by atoms with E-state index < -0.39 is 29.7 Å². The Kier molecular flexibility index (Phi) is 6.74. The predicted octanol–water partition coefficient (Wildman–Crippen LogP) is 3.11. The number of nitrogens with one attached hydrogen (secondary N) is 1. The molecule has 0 radical (unpaired) electrons. The summed E-state index contributed by atoms with van der Waals surface area (Å²) in [5, 5.41) is 2.84. The molecule has 1 aliphatic rings. The molecule has 2 heterocycles. The van der Waals surface area contributed by atoms with Crippen molar-refractivity contribution in [1.82, 2.24) is 10.4 Å². The van der Waals surface area contributed by atoms with Crippen LogP contribution in [0.1, 0.15) is 27.2 Å². The number of carbonyl (C=O) groups is 4. The van der Waals surface area contributed by atoms with Gasteiger partial charge >= 0.3 is 0 Å². The highest BCUT2D eigenvalue weighted by Crippen LogP contribution is 2.28. The van der Waals surface area contributed by atoms with E-state index in [-0.39, 0.29) is 12.8 Å². The van der Waals surface area contributed by atoms with Crippen LogP contribution < -0.4 is 15.1 Å². The summed E-state index contributed by atoms with van der Waals surface area (Å²) < 4.78 is 5.20.